The summed E-state index contributed by atoms with van der Waals surface area (Å²) in [5.74, 6) is -0.680. The van der Waals surface area contributed by atoms with Crippen LogP contribution in [0.2, 0.25) is 0 Å². The molecular weight excluding hydrogens is 421 g/mol. The second-order valence-corrected chi connectivity index (χ2v) is 8.37. The van der Waals surface area contributed by atoms with Gasteiger partial charge in [-0.25, -0.2) is 4.98 Å². The van der Waals surface area contributed by atoms with E-state index in [4.69, 9.17) is 0 Å². The van der Waals surface area contributed by atoms with Crippen LogP contribution < -0.4 is 15.5 Å². The van der Waals surface area contributed by atoms with Crippen LogP contribution in [-0.2, 0) is 15.8 Å². The molecule has 9 heteroatoms. The van der Waals surface area contributed by atoms with Gasteiger partial charge in [-0.05, 0) is 55.2 Å². The summed E-state index contributed by atoms with van der Waals surface area (Å²) in [6.07, 6.45) is -1.59. The lowest BCUT2D eigenvalue weighted by Crippen LogP contribution is -2.42. The zero-order valence-corrected chi connectivity index (χ0v) is 18.1. The SMILES string of the molecule is CC(C)CC(=O)Nc1ccc(NC(=O)C2CCCN(c3ncccc3C(F)(F)F)C2)cc1. The van der Waals surface area contributed by atoms with Crippen molar-refractivity contribution in [3.8, 4) is 0 Å². The fourth-order valence-corrected chi connectivity index (χ4v) is 3.72. The number of anilines is 3. The molecule has 0 radical (unpaired) electrons. The number of piperidine rings is 1. The molecule has 1 fully saturated rings. The molecule has 0 bridgehead atoms. The highest BCUT2D eigenvalue weighted by atomic mass is 19.4. The zero-order valence-electron chi connectivity index (χ0n) is 18.1. The molecule has 2 N–H and O–H groups in total. The number of amides is 2. The van der Waals surface area contributed by atoms with E-state index >= 15 is 0 Å². The molecule has 32 heavy (non-hydrogen) atoms. The number of carbonyl (C=O) groups excluding carboxylic acids is 2. The number of aromatic nitrogens is 1. The summed E-state index contributed by atoms with van der Waals surface area (Å²) in [5, 5.41) is 5.62. The largest absolute Gasteiger partial charge is 0.419 e. The number of carbonyl (C=O) groups is 2. The average molecular weight is 448 g/mol. The van der Waals surface area contributed by atoms with Crippen molar-refractivity contribution in [2.24, 2.45) is 11.8 Å². The first kappa shape index (κ1) is 23.6. The Bertz CT molecular complexity index is 945. The maximum absolute atomic E-state index is 13.3. The van der Waals surface area contributed by atoms with Gasteiger partial charge in [-0.15, -0.1) is 0 Å². The lowest BCUT2D eigenvalue weighted by Gasteiger charge is -2.34. The molecule has 1 aromatic heterocycles. The van der Waals surface area contributed by atoms with Gasteiger partial charge < -0.3 is 15.5 Å². The zero-order chi connectivity index (χ0) is 23.3. The summed E-state index contributed by atoms with van der Waals surface area (Å²) in [7, 11) is 0. The van der Waals surface area contributed by atoms with Crippen LogP contribution in [0.3, 0.4) is 0 Å². The van der Waals surface area contributed by atoms with E-state index in [9.17, 15) is 22.8 Å². The third-order valence-electron chi connectivity index (χ3n) is 5.21. The number of nitrogens with zero attached hydrogens (tertiary/aromatic N) is 2. The van der Waals surface area contributed by atoms with Crippen molar-refractivity contribution in [1.82, 2.24) is 4.98 Å². The van der Waals surface area contributed by atoms with Crippen LogP contribution in [0.4, 0.5) is 30.4 Å². The summed E-state index contributed by atoms with van der Waals surface area (Å²) in [5.41, 5.74) is 0.395. The van der Waals surface area contributed by atoms with E-state index < -0.39 is 17.7 Å². The lowest BCUT2D eigenvalue weighted by molar-refractivity contribution is -0.137. The number of hydrogen-bond acceptors (Lipinski definition) is 4. The Kier molecular flexibility index (Phi) is 7.37. The Balaban J connectivity index is 1.62. The van der Waals surface area contributed by atoms with Gasteiger partial charge in [-0.1, -0.05) is 13.8 Å². The molecule has 3 rings (SSSR count). The molecule has 6 nitrogen and oxygen atoms in total. The summed E-state index contributed by atoms with van der Waals surface area (Å²) in [6.45, 7) is 4.49. The van der Waals surface area contributed by atoms with Crippen molar-refractivity contribution in [2.75, 3.05) is 28.6 Å². The predicted molar refractivity (Wildman–Crippen MR) is 117 cm³/mol. The highest BCUT2D eigenvalue weighted by Gasteiger charge is 2.37. The Morgan fingerprint density at radius 3 is 2.41 bits per heavy atom. The number of alkyl halides is 3. The molecular formula is C23H27F3N4O2. The van der Waals surface area contributed by atoms with Crippen LogP contribution in [0.5, 0.6) is 0 Å². The van der Waals surface area contributed by atoms with Crippen molar-refractivity contribution >= 4 is 29.0 Å². The van der Waals surface area contributed by atoms with Gasteiger partial charge in [0.1, 0.15) is 5.82 Å². The monoisotopic (exact) mass is 448 g/mol. The number of pyridine rings is 1. The third-order valence-corrected chi connectivity index (χ3v) is 5.21. The fraction of sp³-hybridized carbons (Fsp3) is 0.435. The first-order valence-electron chi connectivity index (χ1n) is 10.6. The summed E-state index contributed by atoms with van der Waals surface area (Å²) < 4.78 is 40.0. The summed E-state index contributed by atoms with van der Waals surface area (Å²) in [6, 6.07) is 9.03. The van der Waals surface area contributed by atoms with Gasteiger partial charge >= 0.3 is 6.18 Å². The summed E-state index contributed by atoms with van der Waals surface area (Å²) in [4.78, 5) is 30.1. The number of hydrogen-bond donors (Lipinski definition) is 2. The lowest BCUT2D eigenvalue weighted by atomic mass is 9.96. The van der Waals surface area contributed by atoms with Gasteiger partial charge in [0.2, 0.25) is 11.8 Å². The topological polar surface area (TPSA) is 74.3 Å². The molecule has 172 valence electrons. The molecule has 0 aliphatic carbocycles. The van der Waals surface area contributed by atoms with Gasteiger partial charge in [-0.2, -0.15) is 13.2 Å². The van der Waals surface area contributed by atoms with Crippen LogP contribution in [0.25, 0.3) is 0 Å². The van der Waals surface area contributed by atoms with Gasteiger partial charge in [0.05, 0.1) is 11.5 Å². The molecule has 1 unspecified atom stereocenters. The molecule has 2 amide bonds. The molecule has 1 aromatic carbocycles. The van der Waals surface area contributed by atoms with E-state index in [0.29, 0.717) is 37.2 Å². The van der Waals surface area contributed by atoms with Crippen LogP contribution in [0.1, 0.15) is 38.7 Å². The number of halogens is 3. The van der Waals surface area contributed by atoms with Crippen LogP contribution in [0, 0.1) is 11.8 Å². The minimum absolute atomic E-state index is 0.0770. The maximum Gasteiger partial charge on any atom is 0.419 e. The number of benzene rings is 1. The van der Waals surface area contributed by atoms with Crippen LogP contribution in [-0.4, -0.2) is 29.9 Å². The number of rotatable bonds is 6. The second kappa shape index (κ2) is 10.0. The Labute approximate surface area is 185 Å². The van der Waals surface area contributed by atoms with Gasteiger partial charge in [0.15, 0.2) is 0 Å². The van der Waals surface area contributed by atoms with Gasteiger partial charge in [0, 0.05) is 37.1 Å². The molecule has 0 spiro atoms. The standard InChI is InChI=1S/C23H27F3N4O2/c1-15(2)13-20(31)28-17-7-9-18(10-8-17)29-22(32)16-5-4-12-30(14-16)21-19(23(24,25)26)6-3-11-27-21/h3,6-11,15-16H,4-5,12-14H2,1-2H3,(H,28,31)(H,29,32). The molecule has 1 saturated heterocycles. The third kappa shape index (κ3) is 6.21. The molecule has 2 aromatic rings. The van der Waals surface area contributed by atoms with E-state index in [-0.39, 0.29) is 30.1 Å². The Morgan fingerprint density at radius 2 is 1.78 bits per heavy atom. The molecule has 2 heterocycles. The Morgan fingerprint density at radius 1 is 1.12 bits per heavy atom. The predicted octanol–water partition coefficient (Wildman–Crippen LogP) is 4.94. The summed E-state index contributed by atoms with van der Waals surface area (Å²) >= 11 is 0. The van der Waals surface area contributed by atoms with Crippen LogP contribution >= 0.6 is 0 Å². The normalized spacial score (nSPS) is 16.7. The molecule has 1 atom stereocenters. The minimum Gasteiger partial charge on any atom is -0.355 e. The smallest absolute Gasteiger partial charge is 0.355 e. The Hall–Kier alpha value is -3.10. The van der Waals surface area contributed by atoms with E-state index in [1.54, 1.807) is 24.3 Å². The molecule has 1 aliphatic heterocycles. The second-order valence-electron chi connectivity index (χ2n) is 8.37. The first-order chi connectivity index (χ1) is 15.1. The van der Waals surface area contributed by atoms with E-state index in [1.165, 1.54) is 17.2 Å². The van der Waals surface area contributed by atoms with E-state index in [0.717, 1.165) is 6.07 Å². The van der Waals surface area contributed by atoms with E-state index in [2.05, 4.69) is 15.6 Å². The van der Waals surface area contributed by atoms with Crippen molar-refractivity contribution in [2.45, 2.75) is 39.3 Å². The minimum atomic E-state index is -4.51. The van der Waals surface area contributed by atoms with Gasteiger partial charge in [0.25, 0.3) is 0 Å². The quantitative estimate of drug-likeness (QED) is 0.657. The van der Waals surface area contributed by atoms with Crippen molar-refractivity contribution in [3.05, 3.63) is 48.2 Å². The van der Waals surface area contributed by atoms with Gasteiger partial charge in [-0.3, -0.25) is 9.59 Å². The van der Waals surface area contributed by atoms with E-state index in [1.807, 2.05) is 13.8 Å². The molecule has 0 saturated carbocycles. The maximum atomic E-state index is 13.3. The van der Waals surface area contributed by atoms with Crippen molar-refractivity contribution < 1.29 is 22.8 Å². The van der Waals surface area contributed by atoms with Crippen LogP contribution in [0.15, 0.2) is 42.6 Å². The number of nitrogens with one attached hydrogen (secondary N) is 2. The fourth-order valence-electron chi connectivity index (χ4n) is 3.72. The van der Waals surface area contributed by atoms with Crippen molar-refractivity contribution in [1.29, 1.82) is 0 Å². The molecule has 1 aliphatic rings. The van der Waals surface area contributed by atoms with Crippen molar-refractivity contribution in [3.63, 3.8) is 0 Å². The average Bonchev–Trinajstić information content (AvgIpc) is 2.74. The first-order valence-corrected chi connectivity index (χ1v) is 10.6. The highest BCUT2D eigenvalue weighted by molar-refractivity contribution is 5.94. The highest BCUT2D eigenvalue weighted by Crippen LogP contribution is 2.36.